The van der Waals surface area contributed by atoms with Gasteiger partial charge in [-0.2, -0.15) is 0 Å². The van der Waals surface area contributed by atoms with Crippen LogP contribution in [0.2, 0.25) is 0 Å². The zero-order valence-corrected chi connectivity index (χ0v) is 11.6. The van der Waals surface area contributed by atoms with Crippen LogP contribution in [0.3, 0.4) is 0 Å². The molecule has 0 fully saturated rings. The van der Waals surface area contributed by atoms with E-state index in [-0.39, 0.29) is 5.91 Å². The summed E-state index contributed by atoms with van der Waals surface area (Å²) < 4.78 is 0. The van der Waals surface area contributed by atoms with Crippen molar-refractivity contribution in [2.24, 2.45) is 0 Å². The van der Waals surface area contributed by atoms with Crippen molar-refractivity contribution in [3.05, 3.63) is 45.9 Å². The number of nitrogens with zero attached hydrogens (tertiary/aromatic N) is 2. The van der Waals surface area contributed by atoms with Crippen LogP contribution < -0.4 is 4.90 Å². The zero-order valence-electron chi connectivity index (χ0n) is 10.7. The maximum atomic E-state index is 12.6. The Morgan fingerprint density at radius 3 is 2.80 bits per heavy atom. The number of aromatic nitrogens is 1. The summed E-state index contributed by atoms with van der Waals surface area (Å²) in [5.74, 6) is -1.28. The van der Waals surface area contributed by atoms with E-state index < -0.39 is 12.0 Å². The minimum Gasteiger partial charge on any atom is -0.480 e. The summed E-state index contributed by atoms with van der Waals surface area (Å²) >= 11 is 1.24. The first-order chi connectivity index (χ1) is 9.59. The molecule has 0 saturated carbocycles. The lowest BCUT2D eigenvalue weighted by atomic mass is 10.1. The molecule has 0 saturated heterocycles. The quantitative estimate of drug-likeness (QED) is 0.918. The fourth-order valence-electron chi connectivity index (χ4n) is 2.45. The van der Waals surface area contributed by atoms with Gasteiger partial charge in [0, 0.05) is 12.1 Å². The van der Waals surface area contributed by atoms with Crippen LogP contribution in [-0.4, -0.2) is 28.0 Å². The van der Waals surface area contributed by atoms with E-state index in [2.05, 4.69) is 4.98 Å². The molecule has 0 radical (unpaired) electrons. The Morgan fingerprint density at radius 1 is 1.40 bits per heavy atom. The summed E-state index contributed by atoms with van der Waals surface area (Å²) in [5.41, 5.74) is 3.79. The normalized spacial score (nSPS) is 17.1. The number of carbonyl (C=O) groups is 2. The number of carboxylic acid groups (broad SMARTS) is 1. The molecule has 0 aliphatic carbocycles. The standard InChI is InChI=1S/C14H12N2O3S/c1-8-12(20-7-15-8)13(17)16-10-5-3-2-4-9(10)6-11(16)14(18)19/h2-5,7,11H,6H2,1H3,(H,18,19). The van der Waals surface area contributed by atoms with E-state index in [0.717, 1.165) is 5.56 Å². The average molecular weight is 288 g/mol. The van der Waals surface area contributed by atoms with E-state index in [1.807, 2.05) is 18.2 Å². The molecule has 3 rings (SSSR count). The number of carbonyl (C=O) groups excluding carboxylic acids is 1. The molecule has 1 N–H and O–H groups in total. The average Bonchev–Trinajstić information content (AvgIpc) is 3.01. The van der Waals surface area contributed by atoms with Crippen molar-refractivity contribution >= 4 is 28.9 Å². The van der Waals surface area contributed by atoms with Gasteiger partial charge in [-0.05, 0) is 18.6 Å². The second kappa shape index (κ2) is 4.72. The van der Waals surface area contributed by atoms with E-state index >= 15 is 0 Å². The lowest BCUT2D eigenvalue weighted by Crippen LogP contribution is -2.42. The van der Waals surface area contributed by atoms with Crippen molar-refractivity contribution in [1.82, 2.24) is 4.98 Å². The lowest BCUT2D eigenvalue weighted by molar-refractivity contribution is -0.138. The molecule has 1 amide bonds. The summed E-state index contributed by atoms with van der Waals surface area (Å²) in [6.07, 6.45) is 0.342. The van der Waals surface area contributed by atoms with Gasteiger partial charge in [0.2, 0.25) is 0 Å². The van der Waals surface area contributed by atoms with E-state index in [4.69, 9.17) is 0 Å². The molecule has 1 aliphatic rings. The Bertz CT molecular complexity index is 695. The van der Waals surface area contributed by atoms with Crippen LogP contribution in [0.25, 0.3) is 0 Å². The summed E-state index contributed by atoms with van der Waals surface area (Å²) in [5, 5.41) is 9.37. The first-order valence-corrected chi connectivity index (χ1v) is 7.02. The third-order valence-corrected chi connectivity index (χ3v) is 4.34. The lowest BCUT2D eigenvalue weighted by Gasteiger charge is -2.22. The minimum atomic E-state index is -0.989. The third kappa shape index (κ3) is 1.89. The molecule has 1 aromatic heterocycles. The van der Waals surface area contributed by atoms with E-state index in [1.165, 1.54) is 16.2 Å². The largest absolute Gasteiger partial charge is 0.480 e. The molecule has 2 heterocycles. The van der Waals surface area contributed by atoms with Gasteiger partial charge in [-0.15, -0.1) is 11.3 Å². The molecule has 1 atom stereocenters. The Morgan fingerprint density at radius 2 is 2.15 bits per heavy atom. The van der Waals surface area contributed by atoms with Gasteiger partial charge in [-0.3, -0.25) is 9.69 Å². The van der Waals surface area contributed by atoms with Gasteiger partial charge in [0.25, 0.3) is 5.91 Å². The fourth-order valence-corrected chi connectivity index (χ4v) is 3.19. The van der Waals surface area contributed by atoms with Gasteiger partial charge in [0.15, 0.2) is 0 Å². The Balaban J connectivity index is 2.07. The maximum absolute atomic E-state index is 12.6. The first kappa shape index (κ1) is 12.8. The summed E-state index contributed by atoms with van der Waals surface area (Å²) in [4.78, 5) is 30.0. The SMILES string of the molecule is Cc1ncsc1C(=O)N1c2ccccc2CC1C(=O)O. The smallest absolute Gasteiger partial charge is 0.327 e. The number of benzene rings is 1. The number of para-hydroxylation sites is 1. The second-order valence-electron chi connectivity index (χ2n) is 4.63. The molecular formula is C14H12N2O3S. The van der Waals surface area contributed by atoms with Crippen molar-refractivity contribution in [2.45, 2.75) is 19.4 Å². The van der Waals surface area contributed by atoms with E-state index in [1.54, 1.807) is 18.5 Å². The highest BCUT2D eigenvalue weighted by Crippen LogP contribution is 2.34. The highest BCUT2D eigenvalue weighted by Gasteiger charge is 2.39. The van der Waals surface area contributed by atoms with Crippen molar-refractivity contribution in [1.29, 1.82) is 0 Å². The van der Waals surface area contributed by atoms with E-state index in [0.29, 0.717) is 22.7 Å². The fraction of sp³-hybridized carbons (Fsp3) is 0.214. The predicted octanol–water partition coefficient (Wildman–Crippen LogP) is 2.11. The molecule has 6 heteroatoms. The number of thiazole rings is 1. The molecule has 20 heavy (non-hydrogen) atoms. The van der Waals surface area contributed by atoms with Gasteiger partial charge < -0.3 is 5.11 Å². The van der Waals surface area contributed by atoms with Crippen LogP contribution in [0, 0.1) is 6.92 Å². The highest BCUT2D eigenvalue weighted by molar-refractivity contribution is 7.12. The number of hydrogen-bond donors (Lipinski definition) is 1. The molecule has 0 spiro atoms. The molecule has 1 aromatic carbocycles. The number of carboxylic acids is 1. The van der Waals surface area contributed by atoms with Gasteiger partial charge in [-0.25, -0.2) is 9.78 Å². The number of fused-ring (bicyclic) bond motifs is 1. The van der Waals surface area contributed by atoms with Crippen molar-refractivity contribution in [3.63, 3.8) is 0 Å². The maximum Gasteiger partial charge on any atom is 0.327 e. The number of aryl methyl sites for hydroxylation is 1. The van der Waals surface area contributed by atoms with Gasteiger partial charge in [-0.1, -0.05) is 18.2 Å². The van der Waals surface area contributed by atoms with Gasteiger partial charge in [0.1, 0.15) is 10.9 Å². The number of amides is 1. The number of hydrogen-bond acceptors (Lipinski definition) is 4. The summed E-state index contributed by atoms with van der Waals surface area (Å²) in [7, 11) is 0. The summed E-state index contributed by atoms with van der Waals surface area (Å²) in [6.45, 7) is 1.75. The molecule has 0 bridgehead atoms. The molecule has 2 aromatic rings. The minimum absolute atomic E-state index is 0.289. The molecule has 102 valence electrons. The van der Waals surface area contributed by atoms with Gasteiger partial charge in [0.05, 0.1) is 11.2 Å². The van der Waals surface area contributed by atoms with Crippen LogP contribution in [0.5, 0.6) is 0 Å². The van der Waals surface area contributed by atoms with Crippen molar-refractivity contribution in [3.8, 4) is 0 Å². The predicted molar refractivity (Wildman–Crippen MR) is 75.2 cm³/mol. The van der Waals surface area contributed by atoms with Crippen LogP contribution in [-0.2, 0) is 11.2 Å². The van der Waals surface area contributed by atoms with E-state index in [9.17, 15) is 14.7 Å². The van der Waals surface area contributed by atoms with Crippen molar-refractivity contribution in [2.75, 3.05) is 4.90 Å². The number of rotatable bonds is 2. The Kier molecular flexibility index (Phi) is 3.02. The number of aliphatic carboxylic acids is 1. The molecule has 1 aliphatic heterocycles. The van der Waals surface area contributed by atoms with Crippen molar-refractivity contribution < 1.29 is 14.7 Å². The molecular weight excluding hydrogens is 276 g/mol. The van der Waals surface area contributed by atoms with Crippen LogP contribution in [0.4, 0.5) is 5.69 Å². The Hall–Kier alpha value is -2.21. The van der Waals surface area contributed by atoms with Crippen LogP contribution >= 0.6 is 11.3 Å². The second-order valence-corrected chi connectivity index (χ2v) is 5.48. The molecule has 1 unspecified atom stereocenters. The Labute approximate surface area is 119 Å². The molecule has 5 nitrogen and oxygen atoms in total. The van der Waals surface area contributed by atoms with Crippen LogP contribution in [0.15, 0.2) is 29.8 Å². The monoisotopic (exact) mass is 288 g/mol. The zero-order chi connectivity index (χ0) is 14.3. The number of anilines is 1. The summed E-state index contributed by atoms with van der Waals surface area (Å²) in [6, 6.07) is 6.46. The third-order valence-electron chi connectivity index (χ3n) is 3.42. The topological polar surface area (TPSA) is 70.5 Å². The highest BCUT2D eigenvalue weighted by atomic mass is 32.1. The van der Waals surface area contributed by atoms with Gasteiger partial charge >= 0.3 is 5.97 Å². The van der Waals surface area contributed by atoms with Crippen LogP contribution in [0.1, 0.15) is 20.9 Å². The first-order valence-electron chi connectivity index (χ1n) is 6.14.